The zero-order valence-electron chi connectivity index (χ0n) is 15.1. The van der Waals surface area contributed by atoms with Crippen LogP contribution in [-0.2, 0) is 9.53 Å². The molecule has 0 aliphatic heterocycles. The van der Waals surface area contributed by atoms with E-state index in [1.54, 1.807) is 31.0 Å². The first-order chi connectivity index (χ1) is 13.1. The van der Waals surface area contributed by atoms with Gasteiger partial charge in [-0.2, -0.15) is 0 Å². The summed E-state index contributed by atoms with van der Waals surface area (Å²) in [6.45, 7) is 0.968. The molecule has 0 unspecified atom stereocenters. The van der Waals surface area contributed by atoms with Crippen molar-refractivity contribution in [3.8, 4) is 17.1 Å². The topological polar surface area (TPSA) is 129 Å². The summed E-state index contributed by atoms with van der Waals surface area (Å²) in [5.41, 5.74) is 7.92. The largest absolute Gasteiger partial charge is 0.473 e. The highest BCUT2D eigenvalue weighted by molar-refractivity contribution is 5.91. The Morgan fingerprint density at radius 3 is 2.89 bits per heavy atom. The summed E-state index contributed by atoms with van der Waals surface area (Å²) in [6.07, 6.45) is 5.15. The molecule has 0 bridgehead atoms. The average Bonchev–Trinajstić information content (AvgIpc) is 3.04. The first-order valence-electron chi connectivity index (χ1n) is 8.28. The van der Waals surface area contributed by atoms with Crippen molar-refractivity contribution in [2.45, 2.75) is 0 Å². The van der Waals surface area contributed by atoms with E-state index >= 15 is 0 Å². The van der Waals surface area contributed by atoms with Gasteiger partial charge in [-0.1, -0.05) is 0 Å². The van der Waals surface area contributed by atoms with Crippen molar-refractivity contribution in [2.75, 3.05) is 45.0 Å². The van der Waals surface area contributed by atoms with Crippen LogP contribution in [0.25, 0.3) is 16.9 Å². The van der Waals surface area contributed by atoms with E-state index in [4.69, 9.17) is 15.2 Å². The number of ether oxygens (including phenoxy) is 2. The van der Waals surface area contributed by atoms with Crippen molar-refractivity contribution in [1.29, 1.82) is 0 Å². The maximum Gasteiger partial charge on any atom is 0.257 e. The summed E-state index contributed by atoms with van der Waals surface area (Å²) < 4.78 is 12.3. The van der Waals surface area contributed by atoms with Crippen LogP contribution in [-0.4, -0.2) is 59.2 Å². The number of pyridine rings is 1. The van der Waals surface area contributed by atoms with Gasteiger partial charge in [0, 0.05) is 18.9 Å². The van der Waals surface area contributed by atoms with Crippen molar-refractivity contribution >= 4 is 23.2 Å². The van der Waals surface area contributed by atoms with Crippen molar-refractivity contribution in [2.24, 2.45) is 0 Å². The van der Waals surface area contributed by atoms with E-state index < -0.39 is 0 Å². The van der Waals surface area contributed by atoms with Crippen LogP contribution in [0.4, 0.5) is 11.6 Å². The number of nitrogens with zero attached hydrogens (tertiary/aromatic N) is 4. The normalized spacial score (nSPS) is 10.9. The number of anilines is 2. The molecule has 3 rings (SSSR count). The third kappa shape index (κ3) is 4.49. The Kier molecular flexibility index (Phi) is 5.79. The number of hydrogen-bond acceptors (Lipinski definition) is 8. The number of nitrogens with one attached hydrogen (secondary N) is 2. The fourth-order valence-corrected chi connectivity index (χ4v) is 2.40. The Morgan fingerprint density at radius 2 is 2.11 bits per heavy atom. The molecular formula is C17H21N7O3. The summed E-state index contributed by atoms with van der Waals surface area (Å²) >= 11 is 0. The molecule has 0 spiro atoms. The number of rotatable bonds is 8. The minimum atomic E-state index is -0.164. The molecular weight excluding hydrogens is 350 g/mol. The number of aromatic nitrogens is 4. The van der Waals surface area contributed by atoms with Crippen molar-refractivity contribution in [3.63, 3.8) is 0 Å². The zero-order chi connectivity index (χ0) is 19.2. The number of likely N-dealkylation sites (N-methyl/N-ethyl adjacent to an activating group) is 1. The monoisotopic (exact) mass is 371 g/mol. The summed E-state index contributed by atoms with van der Waals surface area (Å²) in [5, 5.41) is 5.52. The van der Waals surface area contributed by atoms with Gasteiger partial charge < -0.3 is 30.2 Å². The predicted octanol–water partition coefficient (Wildman–Crippen LogP) is 0.557. The Bertz CT molecular complexity index is 941. The number of amides is 1. The molecule has 0 aliphatic rings. The molecule has 0 saturated carbocycles. The molecule has 0 aromatic carbocycles. The van der Waals surface area contributed by atoms with E-state index in [1.165, 1.54) is 0 Å². The first-order valence-corrected chi connectivity index (χ1v) is 8.28. The molecule has 4 N–H and O–H groups in total. The van der Waals surface area contributed by atoms with E-state index in [2.05, 4.69) is 25.6 Å². The SMILES string of the molecule is CNCC(=O)Nc1cn2cc(-c3cnc(N)c(OCCOC)n3)ccc2n1. The summed E-state index contributed by atoms with van der Waals surface area (Å²) in [4.78, 5) is 24.6. The second-order valence-corrected chi connectivity index (χ2v) is 5.67. The quantitative estimate of drug-likeness (QED) is 0.490. The number of hydrogen-bond donors (Lipinski definition) is 3. The molecule has 0 radical (unpaired) electrons. The van der Waals surface area contributed by atoms with Crippen LogP contribution in [0.3, 0.4) is 0 Å². The standard InChI is InChI=1S/C17H21N7O3/c1-19-8-15(25)23-13-10-24-9-11(3-4-14(24)22-13)12-7-20-16(18)17(21-12)27-6-5-26-2/h3-4,7,9-10,19H,5-6,8H2,1-2H3,(H2,18,20)(H,23,25). The van der Waals surface area contributed by atoms with Crippen LogP contribution in [0, 0.1) is 0 Å². The van der Waals surface area contributed by atoms with Gasteiger partial charge in [-0.3, -0.25) is 4.79 Å². The van der Waals surface area contributed by atoms with Gasteiger partial charge in [-0.05, 0) is 19.2 Å². The first kappa shape index (κ1) is 18.5. The second kappa shape index (κ2) is 8.43. The van der Waals surface area contributed by atoms with Crippen LogP contribution in [0.15, 0.2) is 30.7 Å². The summed E-state index contributed by atoms with van der Waals surface area (Å²) in [6, 6.07) is 3.69. The third-order valence-corrected chi connectivity index (χ3v) is 3.64. The number of nitrogens with two attached hydrogens (primary N) is 1. The van der Waals surface area contributed by atoms with Gasteiger partial charge in [0.1, 0.15) is 12.3 Å². The molecule has 3 aromatic rings. The van der Waals surface area contributed by atoms with Gasteiger partial charge in [-0.25, -0.2) is 15.0 Å². The molecule has 0 atom stereocenters. The average molecular weight is 371 g/mol. The number of nitrogen functional groups attached to an aromatic ring is 1. The van der Waals surface area contributed by atoms with Gasteiger partial charge in [0.25, 0.3) is 5.88 Å². The zero-order valence-corrected chi connectivity index (χ0v) is 15.1. The van der Waals surface area contributed by atoms with Crippen molar-refractivity contribution in [1.82, 2.24) is 24.7 Å². The van der Waals surface area contributed by atoms with E-state index in [1.807, 2.05) is 18.3 Å². The predicted molar refractivity (Wildman–Crippen MR) is 101 cm³/mol. The highest BCUT2D eigenvalue weighted by Gasteiger charge is 2.10. The van der Waals surface area contributed by atoms with E-state index in [0.29, 0.717) is 30.4 Å². The number of methoxy groups -OCH3 is 1. The van der Waals surface area contributed by atoms with Crippen molar-refractivity contribution < 1.29 is 14.3 Å². The van der Waals surface area contributed by atoms with E-state index in [9.17, 15) is 4.79 Å². The molecule has 0 aliphatic carbocycles. The number of carbonyl (C=O) groups is 1. The molecule has 27 heavy (non-hydrogen) atoms. The van der Waals surface area contributed by atoms with E-state index in [-0.39, 0.29) is 24.1 Å². The maximum absolute atomic E-state index is 11.7. The van der Waals surface area contributed by atoms with Crippen LogP contribution in [0.2, 0.25) is 0 Å². The minimum Gasteiger partial charge on any atom is -0.473 e. The second-order valence-electron chi connectivity index (χ2n) is 5.67. The molecule has 142 valence electrons. The van der Waals surface area contributed by atoms with Gasteiger partial charge >= 0.3 is 0 Å². The fraction of sp³-hybridized carbons (Fsp3) is 0.294. The molecule has 0 saturated heterocycles. The Hall–Kier alpha value is -3.24. The van der Waals surface area contributed by atoms with Gasteiger partial charge in [0.15, 0.2) is 11.6 Å². The molecule has 3 aromatic heterocycles. The Balaban J connectivity index is 1.84. The molecule has 3 heterocycles. The van der Waals surface area contributed by atoms with Crippen LogP contribution >= 0.6 is 0 Å². The lowest BCUT2D eigenvalue weighted by Crippen LogP contribution is -2.25. The summed E-state index contributed by atoms with van der Waals surface area (Å²) in [5.74, 6) is 0.783. The lowest BCUT2D eigenvalue weighted by Gasteiger charge is -2.08. The van der Waals surface area contributed by atoms with Gasteiger partial charge in [0.2, 0.25) is 5.91 Å². The number of imidazole rings is 1. The minimum absolute atomic E-state index is 0.164. The smallest absolute Gasteiger partial charge is 0.257 e. The number of fused-ring (bicyclic) bond motifs is 1. The van der Waals surface area contributed by atoms with Crippen molar-refractivity contribution in [3.05, 3.63) is 30.7 Å². The van der Waals surface area contributed by atoms with Crippen LogP contribution in [0.5, 0.6) is 5.88 Å². The van der Waals surface area contributed by atoms with Gasteiger partial charge in [0.05, 0.1) is 31.2 Å². The fourth-order valence-electron chi connectivity index (χ4n) is 2.40. The number of carbonyl (C=O) groups excluding carboxylic acids is 1. The maximum atomic E-state index is 11.7. The molecule has 0 fully saturated rings. The van der Waals surface area contributed by atoms with E-state index in [0.717, 1.165) is 5.56 Å². The Morgan fingerprint density at radius 1 is 1.26 bits per heavy atom. The Labute approximate surface area is 155 Å². The molecule has 1 amide bonds. The lowest BCUT2D eigenvalue weighted by atomic mass is 10.2. The molecule has 10 heteroatoms. The molecule has 10 nitrogen and oxygen atoms in total. The third-order valence-electron chi connectivity index (χ3n) is 3.64. The van der Waals surface area contributed by atoms with Crippen LogP contribution in [0.1, 0.15) is 0 Å². The van der Waals surface area contributed by atoms with Gasteiger partial charge in [-0.15, -0.1) is 0 Å². The van der Waals surface area contributed by atoms with Crippen LogP contribution < -0.4 is 21.1 Å². The lowest BCUT2D eigenvalue weighted by molar-refractivity contribution is -0.115. The highest BCUT2D eigenvalue weighted by atomic mass is 16.5. The highest BCUT2D eigenvalue weighted by Crippen LogP contribution is 2.23. The summed E-state index contributed by atoms with van der Waals surface area (Å²) in [7, 11) is 3.29.